The molecule has 10 heavy (non-hydrogen) atoms. The number of amides is 1. The van der Waals surface area contributed by atoms with Crippen molar-refractivity contribution in [3.8, 4) is 0 Å². The quantitative estimate of drug-likeness (QED) is 0.540. The van der Waals surface area contributed by atoms with Gasteiger partial charge in [0.1, 0.15) is 5.16 Å². The van der Waals surface area contributed by atoms with Gasteiger partial charge in [-0.05, 0) is 0 Å². The average molecular weight is 161 g/mol. The maximum atomic E-state index is 10.3. The summed E-state index contributed by atoms with van der Waals surface area (Å²) in [4.78, 5) is 15.0. The van der Waals surface area contributed by atoms with Crippen molar-refractivity contribution in [1.82, 2.24) is 4.90 Å². The van der Waals surface area contributed by atoms with Crippen LogP contribution < -0.4 is 0 Å². The van der Waals surface area contributed by atoms with Crippen LogP contribution in [-0.4, -0.2) is 28.9 Å². The van der Waals surface area contributed by atoms with Gasteiger partial charge in [-0.2, -0.15) is 0 Å². The summed E-state index contributed by atoms with van der Waals surface area (Å²) in [6.45, 7) is 0.227. The summed E-state index contributed by atoms with van der Waals surface area (Å²) >= 11 is 5.47. The van der Waals surface area contributed by atoms with Crippen molar-refractivity contribution in [3.63, 3.8) is 0 Å². The van der Waals surface area contributed by atoms with E-state index in [0.29, 0.717) is 0 Å². The Morgan fingerprint density at radius 1 is 1.90 bits per heavy atom. The van der Waals surface area contributed by atoms with Gasteiger partial charge in [0, 0.05) is 6.21 Å². The second-order valence-electron chi connectivity index (χ2n) is 1.68. The molecule has 54 valence electrons. The van der Waals surface area contributed by atoms with Gasteiger partial charge in [0.25, 0.3) is 0 Å². The van der Waals surface area contributed by atoms with E-state index in [-0.39, 0.29) is 11.7 Å². The summed E-state index contributed by atoms with van der Waals surface area (Å²) in [6.07, 6.45) is 1.70. The normalized spacial score (nSPS) is 16.9. The van der Waals surface area contributed by atoms with Gasteiger partial charge in [-0.15, -0.1) is 0 Å². The van der Waals surface area contributed by atoms with Gasteiger partial charge >= 0.3 is 6.09 Å². The van der Waals surface area contributed by atoms with Crippen LogP contribution in [0.25, 0.3) is 0 Å². The lowest BCUT2D eigenvalue weighted by Gasteiger charge is -2.16. The fraction of sp³-hybridized carbons (Fsp3) is 0.200. The number of carbonyl (C=O) groups is 1. The summed E-state index contributed by atoms with van der Waals surface area (Å²) in [5.74, 6) is 0. The first-order valence-electron chi connectivity index (χ1n) is 2.59. The molecule has 1 rings (SSSR count). The predicted molar refractivity (Wildman–Crippen MR) is 37.2 cm³/mol. The molecule has 1 amide bonds. The lowest BCUT2D eigenvalue weighted by Crippen LogP contribution is -2.29. The summed E-state index contributed by atoms with van der Waals surface area (Å²) in [5.41, 5.74) is 0. The molecule has 1 aliphatic heterocycles. The number of hydrogen-bond acceptors (Lipinski definition) is 2. The minimum absolute atomic E-state index is 0.134. The first-order valence-corrected chi connectivity index (χ1v) is 2.97. The molecule has 0 radical (unpaired) electrons. The number of hydrogen-bond donors (Lipinski definition) is 1. The smallest absolute Gasteiger partial charge is 0.412 e. The van der Waals surface area contributed by atoms with Gasteiger partial charge in [0.05, 0.1) is 12.7 Å². The summed E-state index contributed by atoms with van der Waals surface area (Å²) in [6, 6.07) is 0. The van der Waals surface area contributed by atoms with Crippen LogP contribution in [-0.2, 0) is 0 Å². The van der Waals surface area contributed by atoms with Crippen LogP contribution in [0.15, 0.2) is 16.3 Å². The fourth-order valence-electron chi connectivity index (χ4n) is 0.569. The number of halogens is 1. The molecule has 0 saturated heterocycles. The van der Waals surface area contributed by atoms with Crippen LogP contribution in [0.2, 0.25) is 0 Å². The number of nitrogens with zero attached hydrogens (tertiary/aromatic N) is 2. The minimum atomic E-state index is -1.06. The highest BCUT2D eigenvalue weighted by Crippen LogP contribution is 2.11. The third kappa shape index (κ3) is 1.27. The van der Waals surface area contributed by atoms with Crippen molar-refractivity contribution >= 4 is 23.9 Å². The van der Waals surface area contributed by atoms with Crippen LogP contribution in [0, 0.1) is 0 Å². The molecule has 1 heterocycles. The van der Waals surface area contributed by atoms with E-state index in [2.05, 4.69) is 4.99 Å². The summed E-state index contributed by atoms with van der Waals surface area (Å²) in [5, 5.41) is 8.58. The SMILES string of the molecule is O=C(O)N1CC=NC=C1Cl. The van der Waals surface area contributed by atoms with E-state index in [1.807, 2.05) is 0 Å². The number of rotatable bonds is 0. The Kier molecular flexibility index (Phi) is 1.91. The van der Waals surface area contributed by atoms with E-state index < -0.39 is 6.09 Å². The molecule has 0 unspecified atom stereocenters. The molecule has 1 N–H and O–H groups in total. The number of carboxylic acid groups (broad SMARTS) is 1. The largest absolute Gasteiger partial charge is 0.465 e. The van der Waals surface area contributed by atoms with Crippen molar-refractivity contribution in [2.75, 3.05) is 6.54 Å². The summed E-state index contributed by atoms with van der Waals surface area (Å²) < 4.78 is 0. The molecule has 0 spiro atoms. The van der Waals surface area contributed by atoms with Crippen molar-refractivity contribution < 1.29 is 9.90 Å². The zero-order valence-corrected chi connectivity index (χ0v) is 5.75. The van der Waals surface area contributed by atoms with Gasteiger partial charge in [-0.25, -0.2) is 4.79 Å². The van der Waals surface area contributed by atoms with Gasteiger partial charge in [0.15, 0.2) is 0 Å². The Morgan fingerprint density at radius 2 is 2.60 bits per heavy atom. The van der Waals surface area contributed by atoms with Gasteiger partial charge in [-0.3, -0.25) is 9.89 Å². The highest BCUT2D eigenvalue weighted by Gasteiger charge is 2.15. The fourth-order valence-corrected chi connectivity index (χ4v) is 0.767. The Morgan fingerprint density at radius 3 is 3.00 bits per heavy atom. The molecule has 0 fully saturated rings. The first kappa shape index (κ1) is 7.08. The van der Waals surface area contributed by atoms with Gasteiger partial charge in [-0.1, -0.05) is 11.6 Å². The topological polar surface area (TPSA) is 52.9 Å². The molecular formula is C5H5ClN2O2. The Labute approximate surface area is 62.4 Å². The standard InChI is InChI=1S/C5H5ClN2O2/c6-4-3-7-1-2-8(4)5(9)10/h1,3H,2H2,(H,9,10). The monoisotopic (exact) mass is 160 g/mol. The van der Waals surface area contributed by atoms with Gasteiger partial charge < -0.3 is 5.11 Å². The zero-order valence-electron chi connectivity index (χ0n) is 4.99. The average Bonchev–Trinajstić information content (AvgIpc) is 1.88. The molecule has 0 atom stereocenters. The Bertz CT molecular complexity index is 212. The van der Waals surface area contributed by atoms with E-state index in [4.69, 9.17) is 16.7 Å². The van der Waals surface area contributed by atoms with E-state index >= 15 is 0 Å². The second kappa shape index (κ2) is 2.70. The molecule has 0 aromatic rings. The van der Waals surface area contributed by atoms with Gasteiger partial charge in [0.2, 0.25) is 0 Å². The lowest BCUT2D eigenvalue weighted by atomic mass is 10.5. The molecule has 5 heteroatoms. The maximum absolute atomic E-state index is 10.3. The van der Waals surface area contributed by atoms with Crippen molar-refractivity contribution in [2.45, 2.75) is 0 Å². The second-order valence-corrected chi connectivity index (χ2v) is 2.06. The van der Waals surface area contributed by atoms with Crippen molar-refractivity contribution in [1.29, 1.82) is 0 Å². The first-order chi connectivity index (χ1) is 4.72. The van der Waals surface area contributed by atoms with Crippen LogP contribution in [0.1, 0.15) is 0 Å². The van der Waals surface area contributed by atoms with E-state index in [0.717, 1.165) is 4.90 Å². The van der Waals surface area contributed by atoms with Crippen LogP contribution >= 0.6 is 11.6 Å². The van der Waals surface area contributed by atoms with Crippen molar-refractivity contribution in [2.24, 2.45) is 4.99 Å². The molecular weight excluding hydrogens is 156 g/mol. The molecule has 0 aliphatic carbocycles. The zero-order chi connectivity index (χ0) is 7.56. The number of aliphatic imine (C=N–C) groups is 1. The third-order valence-corrected chi connectivity index (χ3v) is 1.34. The van der Waals surface area contributed by atoms with Crippen LogP contribution in [0.4, 0.5) is 4.79 Å². The van der Waals surface area contributed by atoms with E-state index in [1.165, 1.54) is 12.4 Å². The Hall–Kier alpha value is -1.03. The van der Waals surface area contributed by atoms with E-state index in [9.17, 15) is 4.79 Å². The predicted octanol–water partition coefficient (Wildman–Crippen LogP) is 1.09. The molecule has 0 aromatic carbocycles. The summed E-state index contributed by atoms with van der Waals surface area (Å²) in [7, 11) is 0. The molecule has 0 saturated carbocycles. The molecule has 0 bridgehead atoms. The highest BCUT2D eigenvalue weighted by molar-refractivity contribution is 6.30. The van der Waals surface area contributed by atoms with Crippen LogP contribution in [0.3, 0.4) is 0 Å². The third-order valence-electron chi connectivity index (χ3n) is 1.04. The van der Waals surface area contributed by atoms with Crippen LogP contribution in [0.5, 0.6) is 0 Å². The molecule has 0 aromatic heterocycles. The lowest BCUT2D eigenvalue weighted by molar-refractivity contribution is 0.166. The minimum Gasteiger partial charge on any atom is -0.465 e. The highest BCUT2D eigenvalue weighted by atomic mass is 35.5. The van der Waals surface area contributed by atoms with Crippen molar-refractivity contribution in [3.05, 3.63) is 11.4 Å². The maximum Gasteiger partial charge on any atom is 0.412 e. The van der Waals surface area contributed by atoms with E-state index in [1.54, 1.807) is 0 Å². The Balaban J connectivity index is 2.73. The molecule has 1 aliphatic rings. The molecule has 4 nitrogen and oxygen atoms in total.